The summed E-state index contributed by atoms with van der Waals surface area (Å²) in [4.78, 5) is 25.7. The number of hydrogen-bond acceptors (Lipinski definition) is 9. The molecule has 3 aromatic heterocycles. The molecule has 2 fully saturated rings. The second-order valence-corrected chi connectivity index (χ2v) is 11.8. The van der Waals surface area contributed by atoms with Gasteiger partial charge in [0.25, 0.3) is 0 Å². The van der Waals surface area contributed by atoms with E-state index in [1.54, 1.807) is 25.4 Å². The fraction of sp³-hybridized carbons (Fsp3) is 0.387. The van der Waals surface area contributed by atoms with Gasteiger partial charge in [0.05, 0.1) is 28.2 Å². The molecule has 6 rings (SSSR count). The molecule has 4 aromatic rings. The first-order valence-electron chi connectivity index (χ1n) is 14.5. The van der Waals surface area contributed by atoms with Crippen LogP contribution in [0.2, 0.25) is 10.0 Å². The van der Waals surface area contributed by atoms with Gasteiger partial charge in [0.15, 0.2) is 11.5 Å². The Bertz CT molecular complexity index is 1700. The summed E-state index contributed by atoms with van der Waals surface area (Å²) in [6.07, 6.45) is 6.04. The maximum atomic E-state index is 13.0. The van der Waals surface area contributed by atoms with Crippen molar-refractivity contribution in [1.29, 1.82) is 5.26 Å². The fourth-order valence-electron chi connectivity index (χ4n) is 5.94. The molecule has 0 bridgehead atoms. The van der Waals surface area contributed by atoms with Gasteiger partial charge in [0.2, 0.25) is 5.91 Å². The number of fused-ring (bicyclic) bond motifs is 1. The molecule has 13 heteroatoms. The summed E-state index contributed by atoms with van der Waals surface area (Å²) in [6, 6.07) is 7.75. The molecule has 1 aromatic carbocycles. The van der Waals surface area contributed by atoms with Crippen molar-refractivity contribution in [3.8, 4) is 28.8 Å². The molecule has 11 nitrogen and oxygen atoms in total. The SMILES string of the molecule is COc1cc2[nH]nc(-c3cnc(N4CCN(C(=O)C5CCNCC5)CC4)c(C#N)c3)c2cc1O[C@H](C)c1c(Cl)cncc1Cl. The van der Waals surface area contributed by atoms with E-state index in [0.717, 1.165) is 36.8 Å². The summed E-state index contributed by atoms with van der Waals surface area (Å²) >= 11 is 12.7. The van der Waals surface area contributed by atoms with Gasteiger partial charge in [-0.1, -0.05) is 23.2 Å². The van der Waals surface area contributed by atoms with Gasteiger partial charge in [-0.05, 0) is 45.0 Å². The van der Waals surface area contributed by atoms with Crippen molar-refractivity contribution in [2.24, 2.45) is 5.92 Å². The van der Waals surface area contributed by atoms with Crippen LogP contribution in [0.25, 0.3) is 22.2 Å². The van der Waals surface area contributed by atoms with Gasteiger partial charge in [0, 0.05) is 73.3 Å². The van der Waals surface area contributed by atoms with E-state index >= 15 is 0 Å². The number of piperazine rings is 1. The molecule has 2 N–H and O–H groups in total. The number of nitrogens with one attached hydrogen (secondary N) is 2. The molecule has 2 aliphatic heterocycles. The van der Waals surface area contributed by atoms with E-state index in [1.165, 1.54) is 12.4 Å². The highest BCUT2D eigenvalue weighted by Crippen LogP contribution is 2.40. The maximum Gasteiger partial charge on any atom is 0.225 e. The van der Waals surface area contributed by atoms with Crippen molar-refractivity contribution < 1.29 is 14.3 Å². The Morgan fingerprint density at radius 3 is 2.48 bits per heavy atom. The number of benzene rings is 1. The van der Waals surface area contributed by atoms with E-state index in [2.05, 4.69) is 31.5 Å². The van der Waals surface area contributed by atoms with Crippen molar-refractivity contribution in [2.45, 2.75) is 25.9 Å². The Morgan fingerprint density at radius 2 is 1.80 bits per heavy atom. The van der Waals surface area contributed by atoms with E-state index in [-0.39, 0.29) is 11.8 Å². The number of hydrogen-bond donors (Lipinski definition) is 2. The van der Waals surface area contributed by atoms with Crippen molar-refractivity contribution in [3.63, 3.8) is 0 Å². The molecule has 2 aliphatic rings. The normalized spacial score (nSPS) is 16.5. The molecule has 0 unspecified atom stereocenters. The number of amides is 1. The van der Waals surface area contributed by atoms with Gasteiger partial charge in [-0.3, -0.25) is 14.9 Å². The Balaban J connectivity index is 1.24. The minimum Gasteiger partial charge on any atom is -0.493 e. The molecule has 228 valence electrons. The van der Waals surface area contributed by atoms with Crippen LogP contribution in [-0.2, 0) is 4.79 Å². The second-order valence-electron chi connectivity index (χ2n) is 10.9. The average molecular weight is 636 g/mol. The average Bonchev–Trinajstić information content (AvgIpc) is 3.46. The predicted molar refractivity (Wildman–Crippen MR) is 168 cm³/mol. The predicted octanol–water partition coefficient (Wildman–Crippen LogP) is 5.00. The largest absolute Gasteiger partial charge is 0.493 e. The zero-order valence-corrected chi connectivity index (χ0v) is 26.0. The van der Waals surface area contributed by atoms with Crippen LogP contribution in [0.1, 0.15) is 37.0 Å². The van der Waals surface area contributed by atoms with Crippen molar-refractivity contribution in [3.05, 3.63) is 58.0 Å². The summed E-state index contributed by atoms with van der Waals surface area (Å²) in [7, 11) is 1.56. The van der Waals surface area contributed by atoms with Gasteiger partial charge in [-0.15, -0.1) is 0 Å². The third-order valence-electron chi connectivity index (χ3n) is 8.29. The second kappa shape index (κ2) is 12.9. The van der Waals surface area contributed by atoms with Crippen molar-refractivity contribution >= 4 is 45.8 Å². The van der Waals surface area contributed by atoms with Crippen LogP contribution in [0.5, 0.6) is 11.5 Å². The zero-order valence-electron chi connectivity index (χ0n) is 24.4. The Hall–Kier alpha value is -4.11. The molecule has 0 aliphatic carbocycles. The van der Waals surface area contributed by atoms with Crippen LogP contribution in [0.3, 0.4) is 0 Å². The van der Waals surface area contributed by atoms with E-state index in [9.17, 15) is 10.1 Å². The number of anilines is 1. The number of ether oxygens (including phenoxy) is 2. The lowest BCUT2D eigenvalue weighted by atomic mass is 9.96. The standard InChI is InChI=1S/C31H32Cl2N8O3/c1-18(28-23(32)16-36-17-24(28)33)44-27-12-22-25(13-26(27)43-2)38-39-29(22)21-11-20(14-34)30(37-15-21)40-7-9-41(10-8-40)31(42)19-3-5-35-6-4-19/h11-13,15-19,35H,3-10H2,1-2H3,(H,38,39)/t18-/m1/s1. The minimum absolute atomic E-state index is 0.0962. The van der Waals surface area contributed by atoms with Crippen molar-refractivity contribution in [2.75, 3.05) is 51.3 Å². The number of carbonyl (C=O) groups excluding carboxylic acids is 1. The number of nitriles is 1. The first-order valence-corrected chi connectivity index (χ1v) is 15.3. The number of piperidine rings is 1. The lowest BCUT2D eigenvalue weighted by Gasteiger charge is -2.38. The number of H-pyrrole nitrogens is 1. The van der Waals surface area contributed by atoms with Gasteiger partial charge < -0.3 is 24.6 Å². The minimum atomic E-state index is -0.499. The Kier molecular flexibility index (Phi) is 8.75. The van der Waals surface area contributed by atoms with E-state index in [0.29, 0.717) is 75.9 Å². The van der Waals surface area contributed by atoms with Crippen LogP contribution in [-0.4, -0.2) is 77.4 Å². The number of aromatic amines is 1. The molecular weight excluding hydrogens is 603 g/mol. The number of carbonyl (C=O) groups is 1. The zero-order chi connectivity index (χ0) is 30.8. The van der Waals surface area contributed by atoms with Gasteiger partial charge in [-0.2, -0.15) is 10.4 Å². The molecule has 0 saturated carbocycles. The fourth-order valence-corrected chi connectivity index (χ4v) is 6.61. The van der Waals surface area contributed by atoms with E-state index in [1.807, 2.05) is 17.9 Å². The van der Waals surface area contributed by atoms with E-state index in [4.69, 9.17) is 37.7 Å². The van der Waals surface area contributed by atoms with Crippen molar-refractivity contribution in [1.82, 2.24) is 30.4 Å². The Morgan fingerprint density at radius 1 is 1.07 bits per heavy atom. The molecular formula is C31H32Cl2N8O3. The molecule has 1 atom stereocenters. The topological polar surface area (TPSA) is 132 Å². The number of halogens is 2. The highest BCUT2D eigenvalue weighted by molar-refractivity contribution is 6.35. The quantitative estimate of drug-likeness (QED) is 0.288. The van der Waals surface area contributed by atoms with Crippen LogP contribution in [0, 0.1) is 17.2 Å². The first kappa shape index (κ1) is 29.9. The summed E-state index contributed by atoms with van der Waals surface area (Å²) in [6.45, 7) is 6.08. The molecule has 0 spiro atoms. The number of methoxy groups -OCH3 is 1. The highest BCUT2D eigenvalue weighted by Gasteiger charge is 2.29. The maximum absolute atomic E-state index is 13.0. The number of rotatable bonds is 7. The number of aromatic nitrogens is 4. The lowest BCUT2D eigenvalue weighted by molar-refractivity contribution is -0.136. The molecule has 5 heterocycles. The number of pyridine rings is 2. The van der Waals surface area contributed by atoms with E-state index < -0.39 is 6.10 Å². The molecule has 2 saturated heterocycles. The molecule has 1 amide bonds. The summed E-state index contributed by atoms with van der Waals surface area (Å²) in [5, 5.41) is 22.6. The van der Waals surface area contributed by atoms with Crippen LogP contribution in [0.4, 0.5) is 5.82 Å². The third kappa shape index (κ3) is 5.85. The van der Waals surface area contributed by atoms with Crippen LogP contribution < -0.4 is 19.7 Å². The summed E-state index contributed by atoms with van der Waals surface area (Å²) < 4.78 is 11.9. The van der Waals surface area contributed by atoms with Gasteiger partial charge in [0.1, 0.15) is 23.7 Å². The summed E-state index contributed by atoms with van der Waals surface area (Å²) in [5.41, 5.74) is 3.09. The monoisotopic (exact) mass is 634 g/mol. The lowest BCUT2D eigenvalue weighted by Crippen LogP contribution is -2.51. The number of nitrogens with zero attached hydrogens (tertiary/aromatic N) is 6. The highest BCUT2D eigenvalue weighted by atomic mass is 35.5. The van der Waals surface area contributed by atoms with Gasteiger partial charge in [-0.25, -0.2) is 4.98 Å². The molecule has 0 radical (unpaired) electrons. The van der Waals surface area contributed by atoms with Crippen LogP contribution in [0.15, 0.2) is 36.8 Å². The van der Waals surface area contributed by atoms with Crippen LogP contribution >= 0.6 is 23.2 Å². The smallest absolute Gasteiger partial charge is 0.225 e. The molecule has 44 heavy (non-hydrogen) atoms. The summed E-state index contributed by atoms with van der Waals surface area (Å²) in [5.74, 6) is 1.92. The first-order chi connectivity index (χ1) is 21.4. The van der Waals surface area contributed by atoms with Gasteiger partial charge >= 0.3 is 0 Å². The Labute approximate surface area is 265 Å². The third-order valence-corrected chi connectivity index (χ3v) is 8.89.